The van der Waals surface area contributed by atoms with Crippen molar-refractivity contribution < 1.29 is 18.7 Å². The summed E-state index contributed by atoms with van der Waals surface area (Å²) in [6.07, 6.45) is 0. The molecule has 1 aromatic carbocycles. The normalized spacial score (nSPS) is 10.7. The number of furan rings is 1. The van der Waals surface area contributed by atoms with E-state index in [2.05, 4.69) is 10.3 Å². The second kappa shape index (κ2) is 8.12. The van der Waals surface area contributed by atoms with Gasteiger partial charge in [-0.2, -0.15) is 0 Å². The maximum atomic E-state index is 12.4. The van der Waals surface area contributed by atoms with Crippen molar-refractivity contribution in [2.45, 2.75) is 13.8 Å². The van der Waals surface area contributed by atoms with Gasteiger partial charge in [-0.1, -0.05) is 40.6 Å². The zero-order valence-corrected chi connectivity index (χ0v) is 16.7. The van der Waals surface area contributed by atoms with Gasteiger partial charge in [-0.15, -0.1) is 0 Å². The minimum atomic E-state index is -0.497. The van der Waals surface area contributed by atoms with Crippen molar-refractivity contribution in [3.05, 3.63) is 56.7 Å². The van der Waals surface area contributed by atoms with Gasteiger partial charge in [0.25, 0.3) is 5.91 Å². The molecule has 0 fully saturated rings. The Hall–Kier alpha value is -2.35. The van der Waals surface area contributed by atoms with Crippen molar-refractivity contribution in [2.75, 3.05) is 11.9 Å². The lowest BCUT2D eigenvalue weighted by molar-refractivity contribution is 0.0531. The minimum Gasteiger partial charge on any atom is -0.462 e. The third-order valence-electron chi connectivity index (χ3n) is 3.52. The van der Waals surface area contributed by atoms with E-state index in [0.717, 1.165) is 11.3 Å². The number of amides is 1. The Morgan fingerprint density at radius 2 is 2.04 bits per heavy atom. The van der Waals surface area contributed by atoms with Crippen molar-refractivity contribution in [2.24, 2.45) is 0 Å². The Bertz CT molecular complexity index is 1010. The first kappa shape index (κ1) is 19.4. The molecule has 0 bridgehead atoms. The van der Waals surface area contributed by atoms with Crippen molar-refractivity contribution >= 4 is 51.5 Å². The van der Waals surface area contributed by atoms with Gasteiger partial charge in [0.2, 0.25) is 0 Å². The first-order valence-electron chi connectivity index (χ1n) is 7.90. The molecule has 3 aromatic rings. The number of hydrogen-bond acceptors (Lipinski definition) is 6. The number of nitrogens with one attached hydrogen (secondary N) is 1. The van der Waals surface area contributed by atoms with Gasteiger partial charge in [-0.25, -0.2) is 9.78 Å². The smallest absolute Gasteiger partial charge is 0.350 e. The van der Waals surface area contributed by atoms with Crippen LogP contribution in [-0.2, 0) is 4.74 Å². The molecule has 0 aliphatic heterocycles. The van der Waals surface area contributed by atoms with Crippen LogP contribution < -0.4 is 5.32 Å². The monoisotopic (exact) mass is 424 g/mol. The Labute approximate surface area is 169 Å². The van der Waals surface area contributed by atoms with Gasteiger partial charge in [-0.05, 0) is 38.1 Å². The number of aromatic nitrogens is 1. The van der Waals surface area contributed by atoms with E-state index in [1.165, 1.54) is 6.07 Å². The third-order valence-corrected chi connectivity index (χ3v) is 5.40. The average molecular weight is 425 g/mol. The standard InChI is InChI=1S/C18H14Cl2N2O4S/c1-3-25-17(24)15-9(2)21-18(27-15)22-16(23)13-8-7-12(26-13)10-5-4-6-11(19)14(10)20/h4-8H,3H2,1-2H3,(H,21,22,23). The SMILES string of the molecule is CCOC(=O)c1sc(NC(=O)c2ccc(-c3cccc(Cl)c3Cl)o2)nc1C. The fraction of sp³-hybridized carbons (Fsp3) is 0.167. The van der Waals surface area contributed by atoms with E-state index in [0.29, 0.717) is 31.9 Å². The van der Waals surface area contributed by atoms with Gasteiger partial charge < -0.3 is 9.15 Å². The molecule has 27 heavy (non-hydrogen) atoms. The highest BCUT2D eigenvalue weighted by Crippen LogP contribution is 2.34. The van der Waals surface area contributed by atoms with Gasteiger partial charge in [0.05, 0.1) is 22.3 Å². The van der Waals surface area contributed by atoms with Crippen LogP contribution in [0.4, 0.5) is 5.13 Å². The van der Waals surface area contributed by atoms with Crippen molar-refractivity contribution in [3.63, 3.8) is 0 Å². The number of aryl methyl sites for hydroxylation is 1. The number of thiazole rings is 1. The molecule has 1 amide bonds. The zero-order chi connectivity index (χ0) is 19.6. The molecule has 0 saturated heterocycles. The average Bonchev–Trinajstić information content (AvgIpc) is 3.24. The number of halogens is 2. The molecule has 0 spiro atoms. The second-order valence-electron chi connectivity index (χ2n) is 5.37. The summed E-state index contributed by atoms with van der Waals surface area (Å²) >= 11 is 13.2. The number of anilines is 1. The van der Waals surface area contributed by atoms with Gasteiger partial charge in [0.1, 0.15) is 10.6 Å². The van der Waals surface area contributed by atoms with E-state index in [4.69, 9.17) is 32.4 Å². The number of ether oxygens (including phenoxy) is 1. The van der Waals surface area contributed by atoms with Crippen LogP contribution in [0.15, 0.2) is 34.7 Å². The Balaban J connectivity index is 1.78. The van der Waals surface area contributed by atoms with Crippen LogP contribution in [0, 0.1) is 6.92 Å². The van der Waals surface area contributed by atoms with Crippen LogP contribution in [0.2, 0.25) is 10.0 Å². The highest BCUT2D eigenvalue weighted by molar-refractivity contribution is 7.17. The van der Waals surface area contributed by atoms with E-state index in [-0.39, 0.29) is 17.5 Å². The topological polar surface area (TPSA) is 81.4 Å². The fourth-order valence-corrected chi connectivity index (χ4v) is 3.54. The largest absolute Gasteiger partial charge is 0.462 e. The van der Waals surface area contributed by atoms with E-state index in [1.54, 1.807) is 38.1 Å². The predicted molar refractivity (Wildman–Crippen MR) is 105 cm³/mol. The Morgan fingerprint density at radius 1 is 1.26 bits per heavy atom. The molecule has 6 nitrogen and oxygen atoms in total. The molecule has 0 aliphatic carbocycles. The highest BCUT2D eigenvalue weighted by atomic mass is 35.5. The van der Waals surface area contributed by atoms with E-state index in [9.17, 15) is 9.59 Å². The molecule has 0 atom stereocenters. The summed E-state index contributed by atoms with van der Waals surface area (Å²) in [7, 11) is 0. The Kier molecular flexibility index (Phi) is 5.84. The van der Waals surface area contributed by atoms with Gasteiger partial charge >= 0.3 is 5.97 Å². The van der Waals surface area contributed by atoms with Crippen molar-refractivity contribution in [3.8, 4) is 11.3 Å². The van der Waals surface area contributed by atoms with Crippen molar-refractivity contribution in [1.82, 2.24) is 4.98 Å². The van der Waals surface area contributed by atoms with Gasteiger partial charge in [0.15, 0.2) is 10.9 Å². The minimum absolute atomic E-state index is 0.0755. The van der Waals surface area contributed by atoms with Crippen LogP contribution in [-0.4, -0.2) is 23.5 Å². The molecule has 1 N–H and O–H groups in total. The lowest BCUT2D eigenvalue weighted by Crippen LogP contribution is -2.10. The first-order valence-corrected chi connectivity index (χ1v) is 9.48. The molecule has 140 valence electrons. The summed E-state index contributed by atoms with van der Waals surface area (Å²) in [5, 5.41) is 3.63. The molecule has 0 aliphatic rings. The maximum absolute atomic E-state index is 12.4. The molecule has 0 radical (unpaired) electrons. The predicted octanol–water partition coefficient (Wildman–Crippen LogP) is 5.45. The number of rotatable bonds is 5. The quantitative estimate of drug-likeness (QED) is 0.550. The summed E-state index contributed by atoms with van der Waals surface area (Å²) in [6, 6.07) is 8.29. The fourth-order valence-electron chi connectivity index (χ4n) is 2.29. The second-order valence-corrected chi connectivity index (χ2v) is 7.16. The molecular weight excluding hydrogens is 411 g/mol. The molecule has 2 aromatic heterocycles. The molecule has 0 unspecified atom stereocenters. The maximum Gasteiger partial charge on any atom is 0.350 e. The molecular formula is C18H14Cl2N2O4S. The number of esters is 1. The van der Waals surface area contributed by atoms with Crippen LogP contribution in [0.1, 0.15) is 32.8 Å². The molecule has 2 heterocycles. The lowest BCUT2D eigenvalue weighted by atomic mass is 10.2. The van der Waals surface area contributed by atoms with Crippen LogP contribution >= 0.6 is 34.5 Å². The van der Waals surface area contributed by atoms with E-state index >= 15 is 0 Å². The van der Waals surface area contributed by atoms with Crippen LogP contribution in [0.25, 0.3) is 11.3 Å². The first-order chi connectivity index (χ1) is 12.9. The van der Waals surface area contributed by atoms with Crippen LogP contribution in [0.5, 0.6) is 0 Å². The van der Waals surface area contributed by atoms with Crippen LogP contribution in [0.3, 0.4) is 0 Å². The Morgan fingerprint density at radius 3 is 2.78 bits per heavy atom. The van der Waals surface area contributed by atoms with E-state index < -0.39 is 11.9 Å². The molecule has 3 rings (SSSR count). The summed E-state index contributed by atoms with van der Waals surface area (Å²) in [4.78, 5) is 28.8. The summed E-state index contributed by atoms with van der Waals surface area (Å²) < 4.78 is 10.6. The number of nitrogens with zero attached hydrogens (tertiary/aromatic N) is 1. The molecule has 0 saturated carbocycles. The number of carbonyl (C=O) groups is 2. The zero-order valence-electron chi connectivity index (χ0n) is 14.3. The van der Waals surface area contributed by atoms with E-state index in [1.807, 2.05) is 0 Å². The third kappa shape index (κ3) is 4.16. The number of hydrogen-bond donors (Lipinski definition) is 1. The molecule has 9 heteroatoms. The highest BCUT2D eigenvalue weighted by Gasteiger charge is 2.20. The summed E-state index contributed by atoms with van der Waals surface area (Å²) in [5.41, 5.74) is 1.07. The van der Waals surface area contributed by atoms with Gasteiger partial charge in [-0.3, -0.25) is 10.1 Å². The number of benzene rings is 1. The summed E-state index contributed by atoms with van der Waals surface area (Å²) in [6.45, 7) is 3.65. The van der Waals surface area contributed by atoms with Gasteiger partial charge in [0, 0.05) is 5.56 Å². The summed E-state index contributed by atoms with van der Waals surface area (Å²) in [5.74, 6) is -0.478. The number of carbonyl (C=O) groups excluding carboxylic acids is 2. The lowest BCUT2D eigenvalue weighted by Gasteiger charge is -2.02. The van der Waals surface area contributed by atoms with Crippen molar-refractivity contribution in [1.29, 1.82) is 0 Å².